The van der Waals surface area contributed by atoms with Gasteiger partial charge in [-0.15, -0.1) is 0 Å². The predicted molar refractivity (Wildman–Crippen MR) is 56.6 cm³/mol. The molecular weight excluding hydrogens is 176 g/mol. The van der Waals surface area contributed by atoms with Gasteiger partial charge in [-0.25, -0.2) is 4.79 Å². The smallest absolute Gasteiger partial charge is 0.309 e. The van der Waals surface area contributed by atoms with Crippen LogP contribution in [0.4, 0.5) is 0 Å². The van der Waals surface area contributed by atoms with Crippen molar-refractivity contribution in [2.75, 3.05) is 0 Å². The molecule has 0 saturated carbocycles. The maximum Gasteiger partial charge on any atom is 0.345 e. The fraction of sp³-hybridized carbons (Fsp3) is 0.273. The molecule has 0 saturated heterocycles. The Hall–Kier alpha value is -1.64. The van der Waals surface area contributed by atoms with Gasteiger partial charge in [-0.3, -0.25) is 0 Å². The number of H-pyrrole nitrogens is 1. The van der Waals surface area contributed by atoms with Crippen LogP contribution in [0.5, 0.6) is 0 Å². The molecule has 0 aliphatic rings. The number of hydrogen-bond donors (Lipinski definition) is 1. The molecule has 1 aromatic heterocycles. The number of aryl methyl sites for hydroxylation is 3. The maximum absolute atomic E-state index is 11.1. The van der Waals surface area contributed by atoms with Crippen LogP contribution in [-0.4, -0.2) is 9.97 Å². The van der Waals surface area contributed by atoms with E-state index >= 15 is 0 Å². The molecule has 2 aromatic rings. The van der Waals surface area contributed by atoms with Gasteiger partial charge in [0.25, 0.3) is 0 Å². The third-order valence-corrected chi connectivity index (χ3v) is 2.61. The molecule has 0 aliphatic carbocycles. The zero-order valence-electron chi connectivity index (χ0n) is 8.51. The number of aromatic nitrogens is 2. The van der Waals surface area contributed by atoms with E-state index in [1.807, 2.05) is 26.0 Å². The average molecular weight is 188 g/mol. The van der Waals surface area contributed by atoms with Crippen molar-refractivity contribution in [1.82, 2.24) is 9.97 Å². The molecule has 1 heterocycles. The van der Waals surface area contributed by atoms with Crippen LogP contribution >= 0.6 is 0 Å². The quantitative estimate of drug-likeness (QED) is 0.685. The van der Waals surface area contributed by atoms with Crippen LogP contribution in [0.15, 0.2) is 16.9 Å². The molecule has 3 nitrogen and oxygen atoms in total. The lowest BCUT2D eigenvalue weighted by Crippen LogP contribution is -2.12. The lowest BCUT2D eigenvalue weighted by atomic mass is 10.0. The van der Waals surface area contributed by atoms with Crippen LogP contribution in [0.1, 0.15) is 16.8 Å². The minimum absolute atomic E-state index is 0.279. The lowest BCUT2D eigenvalue weighted by Gasteiger charge is -2.06. The van der Waals surface area contributed by atoms with E-state index in [9.17, 15) is 4.79 Å². The molecular formula is C11H12N2O. The summed E-state index contributed by atoms with van der Waals surface area (Å²) in [6.07, 6.45) is 0. The largest absolute Gasteiger partial charge is 0.345 e. The zero-order valence-corrected chi connectivity index (χ0v) is 8.51. The average Bonchev–Trinajstić information content (AvgIpc) is 2.10. The maximum atomic E-state index is 11.1. The Morgan fingerprint density at radius 3 is 2.64 bits per heavy atom. The van der Waals surface area contributed by atoms with Crippen LogP contribution in [-0.2, 0) is 0 Å². The first-order chi connectivity index (χ1) is 6.59. The van der Waals surface area contributed by atoms with E-state index in [0.717, 1.165) is 16.6 Å². The summed E-state index contributed by atoms with van der Waals surface area (Å²) in [7, 11) is 0. The Morgan fingerprint density at radius 1 is 1.21 bits per heavy atom. The van der Waals surface area contributed by atoms with Crippen molar-refractivity contribution in [3.05, 3.63) is 39.4 Å². The number of benzene rings is 1. The van der Waals surface area contributed by atoms with Gasteiger partial charge in [0, 0.05) is 11.1 Å². The highest BCUT2D eigenvalue weighted by molar-refractivity contribution is 5.84. The molecule has 72 valence electrons. The monoisotopic (exact) mass is 188 g/mol. The van der Waals surface area contributed by atoms with Crippen molar-refractivity contribution in [2.24, 2.45) is 0 Å². The highest BCUT2D eigenvalue weighted by Crippen LogP contribution is 2.20. The van der Waals surface area contributed by atoms with Crippen molar-refractivity contribution in [1.29, 1.82) is 0 Å². The normalized spacial score (nSPS) is 10.8. The molecule has 0 bridgehead atoms. The molecule has 0 aliphatic heterocycles. The SMILES string of the molecule is Cc1ccc2nc(=O)[nH]c(C)c2c1C. The summed E-state index contributed by atoms with van der Waals surface area (Å²) < 4.78 is 0. The van der Waals surface area contributed by atoms with Gasteiger partial charge < -0.3 is 4.98 Å². The standard InChI is InChI=1S/C11H12N2O/c1-6-4-5-9-10(7(6)2)8(3)12-11(14)13-9/h4-5H,1-3H3,(H,12,13,14). The number of fused-ring (bicyclic) bond motifs is 1. The topological polar surface area (TPSA) is 45.8 Å². The number of rotatable bonds is 0. The number of nitrogens with zero attached hydrogens (tertiary/aromatic N) is 1. The van der Waals surface area contributed by atoms with Gasteiger partial charge in [-0.2, -0.15) is 4.98 Å². The van der Waals surface area contributed by atoms with E-state index in [2.05, 4.69) is 16.9 Å². The molecule has 14 heavy (non-hydrogen) atoms. The van der Waals surface area contributed by atoms with Crippen molar-refractivity contribution < 1.29 is 0 Å². The summed E-state index contributed by atoms with van der Waals surface area (Å²) >= 11 is 0. The first kappa shape index (κ1) is 8.94. The Labute approximate surface area is 81.8 Å². The van der Waals surface area contributed by atoms with Gasteiger partial charge in [0.1, 0.15) is 0 Å². The van der Waals surface area contributed by atoms with Crippen LogP contribution in [0.3, 0.4) is 0 Å². The van der Waals surface area contributed by atoms with Crippen molar-refractivity contribution in [3.8, 4) is 0 Å². The molecule has 0 fully saturated rings. The Morgan fingerprint density at radius 2 is 1.93 bits per heavy atom. The van der Waals surface area contributed by atoms with Gasteiger partial charge in [-0.05, 0) is 38.0 Å². The zero-order chi connectivity index (χ0) is 10.3. The lowest BCUT2D eigenvalue weighted by molar-refractivity contribution is 1.06. The van der Waals surface area contributed by atoms with Crippen LogP contribution in [0.2, 0.25) is 0 Å². The van der Waals surface area contributed by atoms with Gasteiger partial charge in [0.15, 0.2) is 0 Å². The minimum Gasteiger partial charge on any atom is -0.309 e. The number of nitrogens with one attached hydrogen (secondary N) is 1. The van der Waals surface area contributed by atoms with E-state index < -0.39 is 0 Å². The molecule has 0 atom stereocenters. The second kappa shape index (κ2) is 2.94. The van der Waals surface area contributed by atoms with Gasteiger partial charge in [0.05, 0.1) is 5.52 Å². The summed E-state index contributed by atoms with van der Waals surface area (Å²) in [4.78, 5) is 17.8. The highest BCUT2D eigenvalue weighted by Gasteiger charge is 2.05. The first-order valence-corrected chi connectivity index (χ1v) is 4.56. The van der Waals surface area contributed by atoms with E-state index in [1.165, 1.54) is 11.1 Å². The Balaban J connectivity index is 3.03. The Kier molecular flexibility index (Phi) is 1.88. The van der Waals surface area contributed by atoms with Gasteiger partial charge >= 0.3 is 5.69 Å². The second-order valence-electron chi connectivity index (χ2n) is 3.57. The van der Waals surface area contributed by atoms with Crippen molar-refractivity contribution >= 4 is 10.9 Å². The van der Waals surface area contributed by atoms with E-state index in [0.29, 0.717) is 0 Å². The molecule has 0 radical (unpaired) electrons. The third-order valence-electron chi connectivity index (χ3n) is 2.61. The van der Waals surface area contributed by atoms with Gasteiger partial charge in [0.2, 0.25) is 0 Å². The molecule has 1 aromatic carbocycles. The van der Waals surface area contributed by atoms with Crippen molar-refractivity contribution in [2.45, 2.75) is 20.8 Å². The molecule has 3 heteroatoms. The highest BCUT2D eigenvalue weighted by atomic mass is 16.1. The van der Waals surface area contributed by atoms with E-state index in [1.54, 1.807) is 0 Å². The molecule has 2 rings (SSSR count). The molecule has 1 N–H and O–H groups in total. The molecule has 0 amide bonds. The summed E-state index contributed by atoms with van der Waals surface area (Å²) in [5.74, 6) is 0. The summed E-state index contributed by atoms with van der Waals surface area (Å²) in [5, 5.41) is 1.06. The van der Waals surface area contributed by atoms with Crippen LogP contribution < -0.4 is 5.69 Å². The van der Waals surface area contributed by atoms with Crippen LogP contribution in [0, 0.1) is 20.8 Å². The van der Waals surface area contributed by atoms with Crippen molar-refractivity contribution in [3.63, 3.8) is 0 Å². The third kappa shape index (κ3) is 1.21. The van der Waals surface area contributed by atoms with Gasteiger partial charge in [-0.1, -0.05) is 6.07 Å². The molecule has 0 spiro atoms. The fourth-order valence-corrected chi connectivity index (χ4v) is 1.73. The summed E-state index contributed by atoms with van der Waals surface area (Å²) in [6, 6.07) is 3.88. The van der Waals surface area contributed by atoms with E-state index in [-0.39, 0.29) is 5.69 Å². The number of hydrogen-bond acceptors (Lipinski definition) is 2. The second-order valence-corrected chi connectivity index (χ2v) is 3.57. The van der Waals surface area contributed by atoms with E-state index in [4.69, 9.17) is 0 Å². The predicted octanol–water partition coefficient (Wildman–Crippen LogP) is 1.85. The Bertz CT molecular complexity index is 555. The summed E-state index contributed by atoms with van der Waals surface area (Å²) in [5.41, 5.74) is 3.78. The van der Waals surface area contributed by atoms with Crippen LogP contribution in [0.25, 0.3) is 10.9 Å². The fourth-order valence-electron chi connectivity index (χ4n) is 1.73. The first-order valence-electron chi connectivity index (χ1n) is 4.56. The molecule has 0 unspecified atom stereocenters. The summed E-state index contributed by atoms with van der Waals surface area (Å²) in [6.45, 7) is 6.00. The minimum atomic E-state index is -0.279. The number of aromatic amines is 1.